The fraction of sp³-hybridized carbons (Fsp3) is 0. The van der Waals surface area contributed by atoms with Gasteiger partial charge in [0.15, 0.2) is 0 Å². The van der Waals surface area contributed by atoms with Gasteiger partial charge in [-0.25, -0.2) is 0 Å². The second-order valence-corrected chi connectivity index (χ2v) is 13.3. The third-order valence-electron chi connectivity index (χ3n) is 10.4. The van der Waals surface area contributed by atoms with Gasteiger partial charge in [-0.05, 0) is 90.0 Å². The minimum Gasteiger partial charge on any atom is -0.456 e. The van der Waals surface area contributed by atoms with Gasteiger partial charge in [-0.15, -0.1) is 0 Å². The fourth-order valence-electron chi connectivity index (χ4n) is 8.03. The highest BCUT2D eigenvalue weighted by Gasteiger charge is 2.21. The number of hydrogen-bond donors (Lipinski definition) is 0. The van der Waals surface area contributed by atoms with Crippen LogP contribution in [0.3, 0.4) is 0 Å². The van der Waals surface area contributed by atoms with E-state index in [1.54, 1.807) is 0 Å². The summed E-state index contributed by atoms with van der Waals surface area (Å²) in [6.07, 6.45) is 0. The van der Waals surface area contributed by atoms with Crippen LogP contribution in [0.2, 0.25) is 0 Å². The summed E-state index contributed by atoms with van der Waals surface area (Å²) >= 11 is 0. The van der Waals surface area contributed by atoms with E-state index in [9.17, 15) is 0 Å². The van der Waals surface area contributed by atoms with Crippen molar-refractivity contribution >= 4 is 82.7 Å². The number of anilines is 3. The number of benzene rings is 8. The molecule has 0 radical (unpaired) electrons. The zero-order valence-electron chi connectivity index (χ0n) is 28.0. The van der Waals surface area contributed by atoms with Crippen LogP contribution in [-0.2, 0) is 0 Å². The van der Waals surface area contributed by atoms with Crippen LogP contribution in [0.4, 0.5) is 17.1 Å². The van der Waals surface area contributed by atoms with E-state index in [4.69, 9.17) is 8.83 Å². The van der Waals surface area contributed by atoms with E-state index in [0.717, 1.165) is 83.3 Å². The van der Waals surface area contributed by atoms with Crippen LogP contribution in [0.1, 0.15) is 0 Å². The first-order valence-corrected chi connectivity index (χ1v) is 17.6. The summed E-state index contributed by atoms with van der Waals surface area (Å²) in [7, 11) is 0. The molecule has 11 aromatic rings. The molecule has 52 heavy (non-hydrogen) atoms. The van der Waals surface area contributed by atoms with Gasteiger partial charge in [-0.1, -0.05) is 103 Å². The Morgan fingerprint density at radius 2 is 0.962 bits per heavy atom. The molecule has 3 heterocycles. The van der Waals surface area contributed by atoms with Crippen molar-refractivity contribution in [2.24, 2.45) is 0 Å². The van der Waals surface area contributed by atoms with Crippen LogP contribution in [0, 0.1) is 0 Å². The van der Waals surface area contributed by atoms with E-state index in [0.29, 0.717) is 0 Å². The topological polar surface area (TPSA) is 34.5 Å². The Bertz CT molecular complexity index is 3130. The second-order valence-electron chi connectivity index (χ2n) is 13.3. The third-order valence-corrected chi connectivity index (χ3v) is 10.4. The summed E-state index contributed by atoms with van der Waals surface area (Å²) in [5, 5.41) is 6.89. The molecule has 0 aliphatic carbocycles. The summed E-state index contributed by atoms with van der Waals surface area (Å²) in [5.74, 6) is 0. The molecule has 0 bridgehead atoms. The maximum absolute atomic E-state index is 6.40. The predicted octanol–water partition coefficient (Wildman–Crippen LogP) is 13.7. The molecule has 0 aliphatic rings. The number of aromatic nitrogens is 1. The van der Waals surface area contributed by atoms with Gasteiger partial charge in [0.05, 0.1) is 22.1 Å². The molecule has 11 rings (SSSR count). The molecule has 244 valence electrons. The van der Waals surface area contributed by atoms with Gasteiger partial charge in [-0.3, -0.25) is 0 Å². The standard InChI is InChI=1S/C48H30N2O2/c1-2-11-33(12-3-1)50-41-16-7-4-13-36(41)37-28-26-35(30-43(37)50)49(42-17-10-20-46-48(42)40-15-6-9-19-45(40)51-46)34-24-21-31(22-25-34)32-23-27-39-38-14-5-8-18-44(38)52-47(39)29-32/h1-30H. The molecule has 4 heteroatoms. The van der Waals surface area contributed by atoms with E-state index in [-0.39, 0.29) is 0 Å². The molecule has 3 aromatic heterocycles. The van der Waals surface area contributed by atoms with Crippen LogP contribution in [-0.4, -0.2) is 4.57 Å². The van der Waals surface area contributed by atoms with E-state index < -0.39 is 0 Å². The number of furan rings is 2. The van der Waals surface area contributed by atoms with Crippen molar-refractivity contribution in [1.29, 1.82) is 0 Å². The molecule has 0 atom stereocenters. The summed E-state index contributed by atoms with van der Waals surface area (Å²) in [6, 6.07) is 64.3. The van der Waals surface area contributed by atoms with E-state index in [2.05, 4.69) is 167 Å². The molecule has 4 nitrogen and oxygen atoms in total. The quantitative estimate of drug-likeness (QED) is 0.183. The Morgan fingerprint density at radius 3 is 1.81 bits per heavy atom. The van der Waals surface area contributed by atoms with Crippen LogP contribution >= 0.6 is 0 Å². The molecule has 0 N–H and O–H groups in total. The molecule has 0 saturated heterocycles. The van der Waals surface area contributed by atoms with Gasteiger partial charge in [-0.2, -0.15) is 0 Å². The van der Waals surface area contributed by atoms with E-state index in [1.165, 1.54) is 16.3 Å². The van der Waals surface area contributed by atoms with Gasteiger partial charge in [0.2, 0.25) is 0 Å². The smallest absolute Gasteiger partial charge is 0.137 e. The lowest BCUT2D eigenvalue weighted by atomic mass is 10.0. The monoisotopic (exact) mass is 666 g/mol. The molecule has 0 unspecified atom stereocenters. The SMILES string of the molecule is c1ccc(-n2c3ccccc3c3ccc(N(c4ccc(-c5ccc6c(c5)oc5ccccc56)cc4)c4cccc5oc6ccccc6c45)cc32)cc1. The number of fused-ring (bicyclic) bond motifs is 9. The van der Waals surface area contributed by atoms with Crippen LogP contribution in [0.5, 0.6) is 0 Å². The van der Waals surface area contributed by atoms with Crippen LogP contribution in [0.15, 0.2) is 191 Å². The van der Waals surface area contributed by atoms with Crippen molar-refractivity contribution in [2.75, 3.05) is 4.90 Å². The predicted molar refractivity (Wildman–Crippen MR) is 215 cm³/mol. The molecular formula is C48H30N2O2. The van der Waals surface area contributed by atoms with Crippen molar-refractivity contribution in [3.05, 3.63) is 182 Å². The Hall–Kier alpha value is -7.04. The van der Waals surface area contributed by atoms with Crippen molar-refractivity contribution < 1.29 is 8.83 Å². The van der Waals surface area contributed by atoms with Gasteiger partial charge < -0.3 is 18.3 Å². The highest BCUT2D eigenvalue weighted by Crippen LogP contribution is 2.45. The minimum absolute atomic E-state index is 0.860. The molecule has 0 amide bonds. The molecule has 0 spiro atoms. The highest BCUT2D eigenvalue weighted by atomic mass is 16.3. The van der Waals surface area contributed by atoms with Crippen molar-refractivity contribution in [2.45, 2.75) is 0 Å². The van der Waals surface area contributed by atoms with Gasteiger partial charge >= 0.3 is 0 Å². The molecule has 0 saturated carbocycles. The first-order valence-electron chi connectivity index (χ1n) is 17.6. The Balaban J connectivity index is 1.12. The van der Waals surface area contributed by atoms with Crippen molar-refractivity contribution in [3.8, 4) is 16.8 Å². The average molecular weight is 667 g/mol. The van der Waals surface area contributed by atoms with Crippen LogP contribution in [0.25, 0.3) is 82.5 Å². The summed E-state index contributed by atoms with van der Waals surface area (Å²) in [5.41, 5.74) is 12.4. The Labute approximate surface area is 299 Å². The largest absolute Gasteiger partial charge is 0.456 e. The van der Waals surface area contributed by atoms with Gasteiger partial charge in [0.25, 0.3) is 0 Å². The summed E-state index contributed by atoms with van der Waals surface area (Å²) < 4.78 is 15.0. The number of para-hydroxylation sites is 4. The Kier molecular flexibility index (Phi) is 6.22. The van der Waals surface area contributed by atoms with Crippen LogP contribution < -0.4 is 4.90 Å². The summed E-state index contributed by atoms with van der Waals surface area (Å²) in [6.45, 7) is 0. The molecule has 0 aliphatic heterocycles. The second kappa shape index (κ2) is 11.2. The maximum Gasteiger partial charge on any atom is 0.137 e. The molecule has 0 fully saturated rings. The summed E-state index contributed by atoms with van der Waals surface area (Å²) in [4.78, 5) is 2.36. The molecular weight excluding hydrogens is 637 g/mol. The highest BCUT2D eigenvalue weighted by molar-refractivity contribution is 6.15. The number of nitrogens with zero attached hydrogens (tertiary/aromatic N) is 2. The average Bonchev–Trinajstić information content (AvgIpc) is 3.88. The Morgan fingerprint density at radius 1 is 0.365 bits per heavy atom. The van der Waals surface area contributed by atoms with Gasteiger partial charge in [0, 0.05) is 44.0 Å². The lowest BCUT2D eigenvalue weighted by Gasteiger charge is -2.27. The third kappa shape index (κ3) is 4.34. The first-order chi connectivity index (χ1) is 25.8. The normalized spacial score (nSPS) is 11.8. The lowest BCUT2D eigenvalue weighted by Crippen LogP contribution is -2.10. The van der Waals surface area contributed by atoms with Crippen molar-refractivity contribution in [1.82, 2.24) is 4.57 Å². The zero-order valence-corrected chi connectivity index (χ0v) is 28.0. The fourth-order valence-corrected chi connectivity index (χ4v) is 8.03. The first kappa shape index (κ1) is 28.8. The lowest BCUT2D eigenvalue weighted by molar-refractivity contribution is 0.668. The van der Waals surface area contributed by atoms with Gasteiger partial charge in [0.1, 0.15) is 22.3 Å². The minimum atomic E-state index is 0.860. The molecule has 8 aromatic carbocycles. The maximum atomic E-state index is 6.40. The number of rotatable bonds is 5. The van der Waals surface area contributed by atoms with Crippen molar-refractivity contribution in [3.63, 3.8) is 0 Å². The van der Waals surface area contributed by atoms with E-state index in [1.807, 2.05) is 24.3 Å². The zero-order chi connectivity index (χ0) is 34.2. The van der Waals surface area contributed by atoms with E-state index >= 15 is 0 Å². The number of hydrogen-bond acceptors (Lipinski definition) is 3.